The van der Waals surface area contributed by atoms with Crippen molar-refractivity contribution in [2.45, 2.75) is 44.2 Å². The van der Waals surface area contributed by atoms with E-state index in [2.05, 4.69) is 26.3 Å². The Hall–Kier alpha value is -1.36. The Morgan fingerprint density at radius 1 is 1.04 bits per heavy atom. The number of anilines is 1. The van der Waals surface area contributed by atoms with Crippen molar-refractivity contribution >= 4 is 29.0 Å². The summed E-state index contributed by atoms with van der Waals surface area (Å²) in [5.41, 5.74) is 1.21. The molecule has 2 aromatic rings. The molecule has 0 unspecified atom stereocenters. The molecule has 0 bridgehead atoms. The summed E-state index contributed by atoms with van der Waals surface area (Å²) >= 11 is 12.1. The minimum Gasteiger partial charge on any atom is -0.367 e. The molecule has 6 heteroatoms. The highest BCUT2D eigenvalue weighted by Gasteiger charge is 2.27. The number of likely N-dealkylation sites (tertiary alicyclic amines) is 1. The third kappa shape index (κ3) is 4.43. The first kappa shape index (κ1) is 17.1. The number of halogens is 2. The van der Waals surface area contributed by atoms with E-state index in [-0.39, 0.29) is 0 Å². The summed E-state index contributed by atoms with van der Waals surface area (Å²) in [7, 11) is 0. The molecule has 1 saturated heterocycles. The molecule has 0 radical (unpaired) electrons. The van der Waals surface area contributed by atoms with E-state index in [1.807, 2.05) is 24.4 Å². The number of hydrogen-bond donors (Lipinski definition) is 1. The van der Waals surface area contributed by atoms with Gasteiger partial charge in [-0.2, -0.15) is 0 Å². The van der Waals surface area contributed by atoms with Crippen LogP contribution in [-0.4, -0.2) is 34.0 Å². The maximum absolute atomic E-state index is 6.11. The maximum atomic E-state index is 6.11. The Morgan fingerprint density at radius 3 is 2.56 bits per heavy atom. The van der Waals surface area contributed by atoms with Crippen LogP contribution >= 0.6 is 23.2 Å². The van der Waals surface area contributed by atoms with Gasteiger partial charge < -0.3 is 5.32 Å². The normalized spacial score (nSPS) is 19.1. The zero-order valence-electron chi connectivity index (χ0n) is 14.1. The average Bonchev–Trinajstić information content (AvgIpc) is 3.45. The van der Waals surface area contributed by atoms with Gasteiger partial charge in [0.2, 0.25) is 0 Å². The van der Waals surface area contributed by atoms with Gasteiger partial charge in [0, 0.05) is 37.8 Å². The zero-order valence-corrected chi connectivity index (χ0v) is 15.6. The third-order valence-corrected chi connectivity index (χ3v) is 5.69. The largest absolute Gasteiger partial charge is 0.367 e. The first-order valence-electron chi connectivity index (χ1n) is 8.93. The van der Waals surface area contributed by atoms with E-state index in [1.165, 1.54) is 18.4 Å². The van der Waals surface area contributed by atoms with Gasteiger partial charge in [0.05, 0.1) is 10.0 Å². The number of piperidine rings is 1. The summed E-state index contributed by atoms with van der Waals surface area (Å²) in [4.78, 5) is 11.5. The summed E-state index contributed by atoms with van der Waals surface area (Å²) in [6.07, 6.45) is 6.57. The number of nitrogens with zero attached hydrogens (tertiary/aromatic N) is 3. The van der Waals surface area contributed by atoms with E-state index < -0.39 is 0 Å². The van der Waals surface area contributed by atoms with Crippen molar-refractivity contribution in [1.29, 1.82) is 0 Å². The Morgan fingerprint density at radius 2 is 1.84 bits per heavy atom. The van der Waals surface area contributed by atoms with Crippen molar-refractivity contribution in [1.82, 2.24) is 14.9 Å². The minimum atomic E-state index is 0.479. The Balaban J connectivity index is 1.29. The van der Waals surface area contributed by atoms with Crippen LogP contribution < -0.4 is 5.32 Å². The molecule has 1 aliphatic carbocycles. The van der Waals surface area contributed by atoms with E-state index in [1.54, 1.807) is 0 Å². The number of hydrogen-bond acceptors (Lipinski definition) is 4. The molecule has 0 spiro atoms. The van der Waals surface area contributed by atoms with Crippen LogP contribution in [0.25, 0.3) is 0 Å². The van der Waals surface area contributed by atoms with Crippen molar-refractivity contribution in [2.24, 2.45) is 0 Å². The summed E-state index contributed by atoms with van der Waals surface area (Å²) in [6, 6.07) is 8.36. The highest BCUT2D eigenvalue weighted by Crippen LogP contribution is 2.38. The van der Waals surface area contributed by atoms with E-state index in [0.717, 1.165) is 44.1 Å². The molecule has 1 aromatic heterocycles. The molecule has 1 N–H and O–H groups in total. The first-order valence-corrected chi connectivity index (χ1v) is 9.69. The monoisotopic (exact) mass is 376 g/mol. The second kappa shape index (κ2) is 7.48. The molecule has 0 atom stereocenters. The molecule has 4 rings (SSSR count). The first-order chi connectivity index (χ1) is 12.2. The van der Waals surface area contributed by atoms with Crippen LogP contribution in [0.4, 0.5) is 5.82 Å². The molecule has 1 aromatic carbocycles. The van der Waals surface area contributed by atoms with E-state index >= 15 is 0 Å². The third-order valence-electron chi connectivity index (χ3n) is 4.95. The summed E-state index contributed by atoms with van der Waals surface area (Å²) in [6.45, 7) is 3.06. The van der Waals surface area contributed by atoms with Crippen LogP contribution in [0.3, 0.4) is 0 Å². The van der Waals surface area contributed by atoms with Gasteiger partial charge in [0.15, 0.2) is 0 Å². The summed E-state index contributed by atoms with van der Waals surface area (Å²) in [5.74, 6) is 2.57. The van der Waals surface area contributed by atoms with Crippen LogP contribution in [0, 0.1) is 0 Å². The van der Waals surface area contributed by atoms with Crippen LogP contribution in [-0.2, 0) is 6.54 Å². The molecular weight excluding hydrogens is 355 g/mol. The molecule has 0 amide bonds. The van der Waals surface area contributed by atoms with Crippen molar-refractivity contribution in [3.8, 4) is 0 Å². The van der Waals surface area contributed by atoms with Crippen molar-refractivity contribution in [3.63, 3.8) is 0 Å². The fourth-order valence-corrected chi connectivity index (χ4v) is 3.65. The fraction of sp³-hybridized carbons (Fsp3) is 0.474. The molecule has 132 valence electrons. The van der Waals surface area contributed by atoms with Gasteiger partial charge in [-0.3, -0.25) is 4.90 Å². The predicted molar refractivity (Wildman–Crippen MR) is 102 cm³/mol. The lowest BCUT2D eigenvalue weighted by atomic mass is 10.0. The second-order valence-corrected chi connectivity index (χ2v) is 7.83. The van der Waals surface area contributed by atoms with Crippen LogP contribution in [0.2, 0.25) is 10.0 Å². The van der Waals surface area contributed by atoms with Crippen molar-refractivity contribution < 1.29 is 0 Å². The number of aromatic nitrogens is 2. The predicted octanol–water partition coefficient (Wildman–Crippen LogP) is 4.74. The van der Waals surface area contributed by atoms with Crippen LogP contribution in [0.1, 0.15) is 43.0 Å². The highest BCUT2D eigenvalue weighted by molar-refractivity contribution is 6.42. The van der Waals surface area contributed by atoms with Crippen LogP contribution in [0.15, 0.2) is 30.5 Å². The summed E-state index contributed by atoms with van der Waals surface area (Å²) < 4.78 is 0. The van der Waals surface area contributed by atoms with E-state index in [9.17, 15) is 0 Å². The molecule has 2 aliphatic rings. The lowest BCUT2D eigenvalue weighted by Crippen LogP contribution is -2.38. The molecular formula is C19H22Cl2N4. The molecule has 2 fully saturated rings. The smallest absolute Gasteiger partial charge is 0.133 e. The lowest BCUT2D eigenvalue weighted by molar-refractivity contribution is 0.211. The molecule has 4 nitrogen and oxygen atoms in total. The topological polar surface area (TPSA) is 41.0 Å². The van der Waals surface area contributed by atoms with E-state index in [4.69, 9.17) is 23.2 Å². The summed E-state index contributed by atoms with van der Waals surface area (Å²) in [5, 5.41) is 4.83. The Labute approximate surface area is 158 Å². The van der Waals surface area contributed by atoms with Gasteiger partial charge in [-0.1, -0.05) is 29.3 Å². The van der Waals surface area contributed by atoms with Gasteiger partial charge >= 0.3 is 0 Å². The van der Waals surface area contributed by atoms with Gasteiger partial charge in [-0.05, 0) is 49.4 Å². The minimum absolute atomic E-state index is 0.479. The van der Waals surface area contributed by atoms with Gasteiger partial charge in [0.1, 0.15) is 11.6 Å². The zero-order chi connectivity index (χ0) is 17.2. The van der Waals surface area contributed by atoms with Crippen LogP contribution in [0.5, 0.6) is 0 Å². The average molecular weight is 377 g/mol. The van der Waals surface area contributed by atoms with Gasteiger partial charge in [-0.25, -0.2) is 9.97 Å². The second-order valence-electron chi connectivity index (χ2n) is 7.02. The SMILES string of the molecule is Clc1ccc(CN2CCC(Nc3ccnc(C4CC4)n3)CC2)cc1Cl. The Kier molecular flexibility index (Phi) is 5.11. The maximum Gasteiger partial charge on any atom is 0.133 e. The molecule has 2 heterocycles. The quantitative estimate of drug-likeness (QED) is 0.817. The van der Waals surface area contributed by atoms with Gasteiger partial charge in [-0.15, -0.1) is 0 Å². The molecule has 25 heavy (non-hydrogen) atoms. The lowest BCUT2D eigenvalue weighted by Gasteiger charge is -2.32. The fourth-order valence-electron chi connectivity index (χ4n) is 3.33. The van der Waals surface area contributed by atoms with Gasteiger partial charge in [0.25, 0.3) is 0 Å². The number of nitrogens with one attached hydrogen (secondary N) is 1. The molecule has 1 saturated carbocycles. The Bertz CT molecular complexity index is 740. The van der Waals surface area contributed by atoms with Crippen molar-refractivity contribution in [3.05, 3.63) is 51.9 Å². The number of rotatable bonds is 5. The highest BCUT2D eigenvalue weighted by atomic mass is 35.5. The standard InChI is InChI=1S/C19H22Cl2N4/c20-16-4-1-13(11-17(16)21)12-25-9-6-15(7-10-25)23-18-5-8-22-19(24-18)14-2-3-14/h1,4-5,8,11,14-15H,2-3,6-7,9-10,12H2,(H,22,23,24). The molecule has 1 aliphatic heterocycles. The number of benzene rings is 1. The van der Waals surface area contributed by atoms with E-state index in [0.29, 0.717) is 22.0 Å². The van der Waals surface area contributed by atoms with Crippen molar-refractivity contribution in [2.75, 3.05) is 18.4 Å².